The maximum atomic E-state index is 11.8. The van der Waals surface area contributed by atoms with Crippen molar-refractivity contribution in [2.75, 3.05) is 19.0 Å². The first-order chi connectivity index (χ1) is 10.1. The van der Waals surface area contributed by atoms with Crippen molar-refractivity contribution < 1.29 is 19.1 Å². The highest BCUT2D eigenvalue weighted by molar-refractivity contribution is 9.10. The average Bonchev–Trinajstić information content (AvgIpc) is 2.92. The molecule has 0 aliphatic carbocycles. The Hall–Kier alpha value is -1.86. The van der Waals surface area contributed by atoms with Crippen molar-refractivity contribution in [3.8, 4) is 5.75 Å². The molecule has 1 aromatic carbocycles. The number of amides is 1. The zero-order valence-electron chi connectivity index (χ0n) is 11.1. The average molecular weight is 370 g/mol. The number of carbonyl (C=O) groups excluding carboxylic acids is 2. The summed E-state index contributed by atoms with van der Waals surface area (Å²) in [6, 6.07) is 8.83. The molecule has 5 nitrogen and oxygen atoms in total. The van der Waals surface area contributed by atoms with Gasteiger partial charge in [-0.2, -0.15) is 0 Å². The van der Waals surface area contributed by atoms with E-state index < -0.39 is 5.97 Å². The Bertz CT molecular complexity index is 656. The number of hydrogen-bond acceptors (Lipinski definition) is 5. The van der Waals surface area contributed by atoms with Gasteiger partial charge in [0.25, 0.3) is 5.91 Å². The van der Waals surface area contributed by atoms with Gasteiger partial charge in [0.05, 0.1) is 12.8 Å². The zero-order valence-corrected chi connectivity index (χ0v) is 13.5. The Balaban J connectivity index is 1.93. The molecule has 0 aliphatic heterocycles. The van der Waals surface area contributed by atoms with E-state index in [1.54, 1.807) is 23.6 Å². The van der Waals surface area contributed by atoms with Crippen LogP contribution in [-0.2, 0) is 9.53 Å². The van der Waals surface area contributed by atoms with Gasteiger partial charge in [0.1, 0.15) is 10.6 Å². The standard InChI is InChI=1S/C14H12BrNO4S/c1-19-14(18)13-11(5-6-21-13)16-12(17)8-20-10-4-2-3-9(15)7-10/h2-7H,8H2,1H3,(H,16,17). The maximum absolute atomic E-state index is 11.8. The minimum Gasteiger partial charge on any atom is -0.484 e. The number of halogens is 1. The second kappa shape index (κ2) is 7.24. The lowest BCUT2D eigenvalue weighted by Gasteiger charge is -2.08. The minimum atomic E-state index is -0.479. The summed E-state index contributed by atoms with van der Waals surface area (Å²) in [6.45, 7) is -0.146. The Kier molecular flexibility index (Phi) is 5.35. The van der Waals surface area contributed by atoms with Gasteiger partial charge in [-0.3, -0.25) is 4.79 Å². The smallest absolute Gasteiger partial charge is 0.350 e. The van der Waals surface area contributed by atoms with Gasteiger partial charge < -0.3 is 14.8 Å². The molecule has 0 spiro atoms. The van der Waals surface area contributed by atoms with Crippen LogP contribution in [0.15, 0.2) is 40.2 Å². The highest BCUT2D eigenvalue weighted by Gasteiger charge is 2.15. The second-order valence-corrected chi connectivity index (χ2v) is 5.78. The third-order valence-corrected chi connectivity index (χ3v) is 3.86. The summed E-state index contributed by atoms with van der Waals surface area (Å²) in [7, 11) is 1.30. The van der Waals surface area contributed by atoms with Crippen molar-refractivity contribution in [2.24, 2.45) is 0 Å². The molecule has 0 fully saturated rings. The van der Waals surface area contributed by atoms with Crippen LogP contribution in [0, 0.1) is 0 Å². The molecule has 0 bridgehead atoms. The van der Waals surface area contributed by atoms with E-state index in [-0.39, 0.29) is 12.5 Å². The van der Waals surface area contributed by atoms with E-state index in [0.717, 1.165) is 4.47 Å². The number of thiophene rings is 1. The molecule has 0 aliphatic rings. The number of methoxy groups -OCH3 is 1. The van der Waals surface area contributed by atoms with Crippen molar-refractivity contribution >= 4 is 44.8 Å². The molecule has 7 heteroatoms. The van der Waals surface area contributed by atoms with Gasteiger partial charge in [-0.05, 0) is 29.6 Å². The number of ether oxygens (including phenoxy) is 2. The number of hydrogen-bond donors (Lipinski definition) is 1. The SMILES string of the molecule is COC(=O)c1sccc1NC(=O)COc1cccc(Br)c1. The lowest BCUT2D eigenvalue weighted by atomic mass is 10.3. The Morgan fingerprint density at radius 2 is 2.14 bits per heavy atom. The number of anilines is 1. The second-order valence-electron chi connectivity index (χ2n) is 3.95. The van der Waals surface area contributed by atoms with Crippen LogP contribution in [0.2, 0.25) is 0 Å². The van der Waals surface area contributed by atoms with Gasteiger partial charge in [0, 0.05) is 4.47 Å². The van der Waals surface area contributed by atoms with Gasteiger partial charge in [0.15, 0.2) is 6.61 Å². The summed E-state index contributed by atoms with van der Waals surface area (Å²) in [5.41, 5.74) is 0.426. The number of nitrogens with one attached hydrogen (secondary N) is 1. The number of rotatable bonds is 5. The quantitative estimate of drug-likeness (QED) is 0.821. The van der Waals surface area contributed by atoms with Gasteiger partial charge in [0.2, 0.25) is 0 Å². The van der Waals surface area contributed by atoms with E-state index in [1.165, 1.54) is 18.4 Å². The van der Waals surface area contributed by atoms with E-state index in [0.29, 0.717) is 16.3 Å². The summed E-state index contributed by atoms with van der Waals surface area (Å²) >= 11 is 4.52. The first kappa shape index (κ1) is 15.5. The molecule has 0 saturated carbocycles. The van der Waals surface area contributed by atoms with Crippen LogP contribution in [0.3, 0.4) is 0 Å². The zero-order chi connectivity index (χ0) is 15.2. The van der Waals surface area contributed by atoms with Crippen LogP contribution < -0.4 is 10.1 Å². The monoisotopic (exact) mass is 369 g/mol. The van der Waals surface area contributed by atoms with Gasteiger partial charge in [-0.15, -0.1) is 11.3 Å². The van der Waals surface area contributed by atoms with E-state index in [2.05, 4.69) is 26.0 Å². The molecule has 2 aromatic rings. The first-order valence-electron chi connectivity index (χ1n) is 5.94. The summed E-state index contributed by atoms with van der Waals surface area (Å²) in [5.74, 6) is -0.246. The third kappa shape index (κ3) is 4.30. The summed E-state index contributed by atoms with van der Waals surface area (Å²) in [4.78, 5) is 23.7. The molecule has 2 rings (SSSR count). The maximum Gasteiger partial charge on any atom is 0.350 e. The van der Waals surface area contributed by atoms with E-state index in [4.69, 9.17) is 4.74 Å². The molecule has 1 heterocycles. The third-order valence-electron chi connectivity index (χ3n) is 2.48. The predicted octanol–water partition coefficient (Wildman–Crippen LogP) is 3.31. The first-order valence-corrected chi connectivity index (χ1v) is 7.61. The van der Waals surface area contributed by atoms with Crippen molar-refractivity contribution in [1.29, 1.82) is 0 Å². The molecule has 0 unspecified atom stereocenters. The van der Waals surface area contributed by atoms with Crippen LogP contribution in [-0.4, -0.2) is 25.6 Å². The lowest BCUT2D eigenvalue weighted by molar-refractivity contribution is -0.118. The van der Waals surface area contributed by atoms with Crippen molar-refractivity contribution in [3.05, 3.63) is 45.1 Å². The Morgan fingerprint density at radius 1 is 1.33 bits per heavy atom. The fourth-order valence-corrected chi connectivity index (χ4v) is 2.69. The summed E-state index contributed by atoms with van der Waals surface area (Å²) < 4.78 is 10.9. The summed E-state index contributed by atoms with van der Waals surface area (Å²) in [5, 5.41) is 4.33. The topological polar surface area (TPSA) is 64.6 Å². The molecular weight excluding hydrogens is 358 g/mol. The number of benzene rings is 1. The normalized spacial score (nSPS) is 10.0. The van der Waals surface area contributed by atoms with E-state index in [9.17, 15) is 9.59 Å². The molecule has 0 radical (unpaired) electrons. The van der Waals surface area contributed by atoms with Crippen LogP contribution in [0.5, 0.6) is 5.75 Å². The van der Waals surface area contributed by atoms with Gasteiger partial charge in [-0.25, -0.2) is 4.79 Å². The van der Waals surface area contributed by atoms with Crippen molar-refractivity contribution in [3.63, 3.8) is 0 Å². The minimum absolute atomic E-state index is 0.146. The van der Waals surface area contributed by atoms with Crippen molar-refractivity contribution in [2.45, 2.75) is 0 Å². The number of esters is 1. The van der Waals surface area contributed by atoms with Crippen LogP contribution in [0.25, 0.3) is 0 Å². The molecule has 1 amide bonds. The molecule has 1 N–H and O–H groups in total. The fourth-order valence-electron chi connectivity index (χ4n) is 1.55. The van der Waals surface area contributed by atoms with Crippen LogP contribution in [0.1, 0.15) is 9.67 Å². The lowest BCUT2D eigenvalue weighted by Crippen LogP contribution is -2.21. The van der Waals surface area contributed by atoms with Crippen LogP contribution >= 0.6 is 27.3 Å². The van der Waals surface area contributed by atoms with Crippen molar-refractivity contribution in [1.82, 2.24) is 0 Å². The van der Waals surface area contributed by atoms with E-state index in [1.807, 2.05) is 12.1 Å². The van der Waals surface area contributed by atoms with Gasteiger partial charge >= 0.3 is 5.97 Å². The van der Waals surface area contributed by atoms with E-state index >= 15 is 0 Å². The van der Waals surface area contributed by atoms with Gasteiger partial charge in [-0.1, -0.05) is 22.0 Å². The highest BCUT2D eigenvalue weighted by Crippen LogP contribution is 2.23. The molecule has 0 saturated heterocycles. The molecule has 1 aromatic heterocycles. The molecular formula is C14H12BrNO4S. The predicted molar refractivity (Wildman–Crippen MR) is 83.9 cm³/mol. The van der Waals surface area contributed by atoms with Crippen LogP contribution in [0.4, 0.5) is 5.69 Å². The summed E-state index contributed by atoms with van der Waals surface area (Å²) in [6.07, 6.45) is 0. The highest BCUT2D eigenvalue weighted by atomic mass is 79.9. The fraction of sp³-hybridized carbons (Fsp3) is 0.143. The largest absolute Gasteiger partial charge is 0.484 e. The molecule has 110 valence electrons. The Labute approximate surface area is 134 Å². The number of carbonyl (C=O) groups is 2. The Morgan fingerprint density at radius 3 is 2.86 bits per heavy atom. The molecule has 0 atom stereocenters. The molecule has 21 heavy (non-hydrogen) atoms.